The fourth-order valence-electron chi connectivity index (χ4n) is 2.24. The number of benzene rings is 1. The Hall–Kier alpha value is -0.990. The molecule has 0 unspecified atom stereocenters. The van der Waals surface area contributed by atoms with Crippen LogP contribution in [0.1, 0.15) is 39.4 Å². The van der Waals surface area contributed by atoms with E-state index in [1.54, 1.807) is 0 Å². The van der Waals surface area contributed by atoms with Gasteiger partial charge in [0.15, 0.2) is 0 Å². The van der Waals surface area contributed by atoms with E-state index in [1.165, 1.54) is 16.6 Å². The van der Waals surface area contributed by atoms with E-state index in [1.807, 2.05) is 12.1 Å². The molecule has 0 saturated heterocycles. The Balaban J connectivity index is 2.47. The summed E-state index contributed by atoms with van der Waals surface area (Å²) in [4.78, 5) is 0. The van der Waals surface area contributed by atoms with Gasteiger partial charge in [-0.1, -0.05) is 11.6 Å². The van der Waals surface area contributed by atoms with Crippen LogP contribution < -0.4 is 0 Å². The molecule has 3 heteroatoms. The molecule has 0 aliphatic carbocycles. The third kappa shape index (κ3) is 2.70. The van der Waals surface area contributed by atoms with E-state index in [-0.39, 0.29) is 6.10 Å². The predicted octanol–water partition coefficient (Wildman–Crippen LogP) is 4.80. The standard InChI is InChI=1S/C15H20ClNO/c1-10(2)17-14(9-18-11(3)4)8-12-7-13(16)5-6-15(12)17/h5-8,10-11H,9H2,1-4H3. The first-order valence-corrected chi connectivity index (χ1v) is 6.78. The van der Waals surface area contributed by atoms with E-state index in [0.717, 1.165) is 5.02 Å². The highest BCUT2D eigenvalue weighted by atomic mass is 35.5. The minimum Gasteiger partial charge on any atom is -0.373 e. The first kappa shape index (κ1) is 13.4. The number of hydrogen-bond donors (Lipinski definition) is 0. The van der Waals surface area contributed by atoms with Crippen LogP contribution in [0.3, 0.4) is 0 Å². The molecule has 0 spiro atoms. The molecule has 0 fully saturated rings. The highest BCUT2D eigenvalue weighted by molar-refractivity contribution is 6.31. The van der Waals surface area contributed by atoms with E-state index in [2.05, 4.69) is 44.4 Å². The Labute approximate surface area is 114 Å². The molecular formula is C15H20ClNO. The van der Waals surface area contributed by atoms with Crippen LogP contribution in [0.4, 0.5) is 0 Å². The van der Waals surface area contributed by atoms with Crippen molar-refractivity contribution in [1.29, 1.82) is 0 Å². The lowest BCUT2D eigenvalue weighted by atomic mass is 10.2. The van der Waals surface area contributed by atoms with Crippen LogP contribution in [0.15, 0.2) is 24.3 Å². The number of fused-ring (bicyclic) bond motifs is 1. The van der Waals surface area contributed by atoms with Crippen molar-refractivity contribution in [2.75, 3.05) is 0 Å². The van der Waals surface area contributed by atoms with Gasteiger partial charge >= 0.3 is 0 Å². The summed E-state index contributed by atoms with van der Waals surface area (Å²) >= 11 is 6.05. The first-order valence-electron chi connectivity index (χ1n) is 6.40. The zero-order valence-electron chi connectivity index (χ0n) is 11.4. The SMILES string of the molecule is CC(C)OCc1cc2cc(Cl)ccc2n1C(C)C. The van der Waals surface area contributed by atoms with Gasteiger partial charge in [0.1, 0.15) is 0 Å². The molecule has 0 atom stereocenters. The van der Waals surface area contributed by atoms with Crippen molar-refractivity contribution >= 4 is 22.5 Å². The average molecular weight is 266 g/mol. The van der Waals surface area contributed by atoms with E-state index in [0.29, 0.717) is 12.6 Å². The van der Waals surface area contributed by atoms with Gasteiger partial charge in [0, 0.05) is 27.7 Å². The van der Waals surface area contributed by atoms with Crippen LogP contribution >= 0.6 is 11.6 Å². The quantitative estimate of drug-likeness (QED) is 0.774. The third-order valence-corrected chi connectivity index (χ3v) is 3.20. The van der Waals surface area contributed by atoms with Gasteiger partial charge in [-0.05, 0) is 52.0 Å². The molecular weight excluding hydrogens is 246 g/mol. The minimum atomic E-state index is 0.243. The second kappa shape index (κ2) is 5.33. The second-order valence-corrected chi connectivity index (χ2v) is 5.60. The summed E-state index contributed by atoms with van der Waals surface area (Å²) < 4.78 is 8.04. The Kier molecular flexibility index (Phi) is 3.98. The summed E-state index contributed by atoms with van der Waals surface area (Å²) in [5.41, 5.74) is 2.42. The van der Waals surface area contributed by atoms with Gasteiger partial charge in [-0.2, -0.15) is 0 Å². The zero-order chi connectivity index (χ0) is 13.3. The molecule has 98 valence electrons. The molecule has 1 aromatic carbocycles. The molecule has 0 radical (unpaired) electrons. The van der Waals surface area contributed by atoms with Gasteiger partial charge < -0.3 is 9.30 Å². The van der Waals surface area contributed by atoms with Gasteiger partial charge in [-0.25, -0.2) is 0 Å². The van der Waals surface area contributed by atoms with Crippen LogP contribution in [0.2, 0.25) is 5.02 Å². The maximum absolute atomic E-state index is 6.05. The predicted molar refractivity (Wildman–Crippen MR) is 77.3 cm³/mol. The van der Waals surface area contributed by atoms with Crippen molar-refractivity contribution in [2.45, 2.75) is 46.4 Å². The molecule has 0 bridgehead atoms. The lowest BCUT2D eigenvalue weighted by molar-refractivity contribution is 0.0615. The highest BCUT2D eigenvalue weighted by Crippen LogP contribution is 2.27. The zero-order valence-corrected chi connectivity index (χ0v) is 12.2. The van der Waals surface area contributed by atoms with Crippen molar-refractivity contribution in [3.8, 4) is 0 Å². The fraction of sp³-hybridized carbons (Fsp3) is 0.467. The van der Waals surface area contributed by atoms with Crippen LogP contribution in [0, 0.1) is 0 Å². The highest BCUT2D eigenvalue weighted by Gasteiger charge is 2.12. The van der Waals surface area contributed by atoms with E-state index < -0.39 is 0 Å². The number of hydrogen-bond acceptors (Lipinski definition) is 1. The normalized spacial score (nSPS) is 11.9. The number of halogens is 1. The molecule has 0 saturated carbocycles. The smallest absolute Gasteiger partial charge is 0.0871 e. The monoisotopic (exact) mass is 265 g/mol. The summed E-state index contributed by atoms with van der Waals surface area (Å²) in [6, 6.07) is 8.61. The van der Waals surface area contributed by atoms with Crippen molar-refractivity contribution < 1.29 is 4.74 Å². The molecule has 1 heterocycles. The van der Waals surface area contributed by atoms with Gasteiger partial charge in [-0.3, -0.25) is 0 Å². The van der Waals surface area contributed by atoms with Crippen molar-refractivity contribution in [3.05, 3.63) is 35.0 Å². The molecule has 2 nitrogen and oxygen atoms in total. The third-order valence-electron chi connectivity index (χ3n) is 2.96. The summed E-state index contributed by atoms with van der Waals surface area (Å²) in [6.07, 6.45) is 0.243. The fourth-order valence-corrected chi connectivity index (χ4v) is 2.42. The molecule has 0 N–H and O–H groups in total. The lowest BCUT2D eigenvalue weighted by Crippen LogP contribution is -2.09. The molecule has 1 aromatic heterocycles. The topological polar surface area (TPSA) is 14.2 Å². The van der Waals surface area contributed by atoms with E-state index in [9.17, 15) is 0 Å². The van der Waals surface area contributed by atoms with Crippen LogP contribution in [0.5, 0.6) is 0 Å². The minimum absolute atomic E-state index is 0.243. The van der Waals surface area contributed by atoms with Crippen molar-refractivity contribution in [1.82, 2.24) is 4.57 Å². The Bertz CT molecular complexity index is 543. The van der Waals surface area contributed by atoms with Crippen LogP contribution in [0.25, 0.3) is 10.9 Å². The number of aromatic nitrogens is 1. The van der Waals surface area contributed by atoms with Gasteiger partial charge in [0.2, 0.25) is 0 Å². The molecule has 0 aliphatic heterocycles. The van der Waals surface area contributed by atoms with Crippen LogP contribution in [-0.4, -0.2) is 10.7 Å². The maximum Gasteiger partial charge on any atom is 0.0871 e. The number of rotatable bonds is 4. The molecule has 18 heavy (non-hydrogen) atoms. The summed E-state index contributed by atoms with van der Waals surface area (Å²) in [5.74, 6) is 0. The molecule has 2 rings (SSSR count). The first-order chi connectivity index (χ1) is 8.49. The summed E-state index contributed by atoms with van der Waals surface area (Å²) in [6.45, 7) is 9.13. The average Bonchev–Trinajstić information content (AvgIpc) is 2.63. The lowest BCUT2D eigenvalue weighted by Gasteiger charge is -2.16. The second-order valence-electron chi connectivity index (χ2n) is 5.16. The van der Waals surface area contributed by atoms with E-state index in [4.69, 9.17) is 16.3 Å². The summed E-state index contributed by atoms with van der Waals surface area (Å²) in [5, 5.41) is 1.96. The Morgan fingerprint density at radius 1 is 1.17 bits per heavy atom. The Morgan fingerprint density at radius 2 is 1.89 bits per heavy atom. The molecule has 2 aromatic rings. The van der Waals surface area contributed by atoms with Gasteiger partial charge in [-0.15, -0.1) is 0 Å². The number of ether oxygens (including phenoxy) is 1. The molecule has 0 amide bonds. The van der Waals surface area contributed by atoms with Gasteiger partial charge in [0.05, 0.1) is 12.7 Å². The molecule has 0 aliphatic rings. The van der Waals surface area contributed by atoms with Crippen molar-refractivity contribution in [3.63, 3.8) is 0 Å². The van der Waals surface area contributed by atoms with Gasteiger partial charge in [0.25, 0.3) is 0 Å². The van der Waals surface area contributed by atoms with Crippen molar-refractivity contribution in [2.24, 2.45) is 0 Å². The van der Waals surface area contributed by atoms with Crippen LogP contribution in [-0.2, 0) is 11.3 Å². The van der Waals surface area contributed by atoms with E-state index >= 15 is 0 Å². The largest absolute Gasteiger partial charge is 0.373 e. The maximum atomic E-state index is 6.05. The Morgan fingerprint density at radius 3 is 2.50 bits per heavy atom. The number of nitrogens with zero attached hydrogens (tertiary/aromatic N) is 1. The summed E-state index contributed by atoms with van der Waals surface area (Å²) in [7, 11) is 0.